The highest BCUT2D eigenvalue weighted by molar-refractivity contribution is 7.95. The zero-order valence-electron chi connectivity index (χ0n) is 34.7. The quantitative estimate of drug-likeness (QED) is 0.0209. The van der Waals surface area contributed by atoms with Gasteiger partial charge in [0, 0.05) is 56.1 Å². The van der Waals surface area contributed by atoms with Crippen LogP contribution in [0.3, 0.4) is 0 Å². The van der Waals surface area contributed by atoms with E-state index in [1.54, 1.807) is 47.6 Å². The molecule has 1 saturated carbocycles. The summed E-state index contributed by atoms with van der Waals surface area (Å²) in [5.41, 5.74) is 1.63. The number of aliphatic hydroxyl groups excluding tert-OH is 2. The largest absolute Gasteiger partial charge is 0.390 e. The van der Waals surface area contributed by atoms with Crippen LogP contribution >= 0.6 is 24.1 Å². The van der Waals surface area contributed by atoms with Gasteiger partial charge in [0.25, 0.3) is 40.5 Å². The molecule has 4 unspecified atom stereocenters. The molecule has 0 amide bonds. The third-order valence-electron chi connectivity index (χ3n) is 11.8. The van der Waals surface area contributed by atoms with Gasteiger partial charge in [-0.25, -0.2) is 10.5 Å². The maximum Gasteiger partial charge on any atom is 0.294 e. The number of nitrogens with zero attached hydrogens (tertiary/aromatic N) is 2. The first-order chi connectivity index (χ1) is 30.1. The smallest absolute Gasteiger partial charge is 0.294 e. The van der Waals surface area contributed by atoms with Crippen molar-refractivity contribution in [3.05, 3.63) is 88.4 Å². The molecule has 0 saturated heterocycles. The molecule has 8 N–H and O–H groups in total. The van der Waals surface area contributed by atoms with Crippen LogP contribution in [0.25, 0.3) is 10.8 Å². The second-order valence-electron chi connectivity index (χ2n) is 16.7. The van der Waals surface area contributed by atoms with Crippen molar-refractivity contribution < 1.29 is 85.9 Å². The van der Waals surface area contributed by atoms with Crippen LogP contribution < -0.4 is 4.90 Å². The van der Waals surface area contributed by atoms with Gasteiger partial charge in [0.1, 0.15) is 17.6 Å². The number of β-amino-alcohol motifs (C(OH)–C–C–N with tert-alkyl or cyclic N) is 2. The van der Waals surface area contributed by atoms with Crippen molar-refractivity contribution >= 4 is 92.4 Å². The average molecular weight is 1020 g/mol. The van der Waals surface area contributed by atoms with Gasteiger partial charge in [0.05, 0.1) is 45.4 Å². The maximum atomic E-state index is 13.0. The third-order valence-corrected chi connectivity index (χ3v) is 16.2. The Morgan fingerprint density at radius 3 is 2.17 bits per heavy atom. The molecule has 3 aromatic rings. The predicted octanol–water partition coefficient (Wildman–Crippen LogP) is 4.93. The molecule has 65 heavy (non-hydrogen) atoms. The summed E-state index contributed by atoms with van der Waals surface area (Å²) >= 11 is 1.08. The van der Waals surface area contributed by atoms with Crippen LogP contribution in [0.4, 0.5) is 11.4 Å². The summed E-state index contributed by atoms with van der Waals surface area (Å²) < 4.78 is 147. The molecule has 0 radical (unpaired) electrons. The van der Waals surface area contributed by atoms with Crippen LogP contribution in [-0.4, -0.2) is 126 Å². The van der Waals surface area contributed by atoms with E-state index >= 15 is 0 Å². The van der Waals surface area contributed by atoms with E-state index in [1.165, 1.54) is 30.4 Å². The van der Waals surface area contributed by atoms with Gasteiger partial charge >= 0.3 is 0 Å². The van der Waals surface area contributed by atoms with Gasteiger partial charge in [-0.1, -0.05) is 32.1 Å². The standard InChI is InChI=1S/C39H46N2O18S6/c1-38(2)34(40(19-25(42)21-62(46,47)48)32-13-10-24-16-29(65(55,56)57)18-33(61-59-45)35(24)36(32)38)8-4-7-28(64(52,53)54)12-9-23-6-5-15-39(3)30-17-27(60-58-44)11-14-31(30)41(37(23)39)20-26(43)22-63(49,50)51/h4,7,9-14,16-18,25-26,34,42-43H,5-6,8,15,19-22H2,1-3H3,(H5-,44,45,46,47,48,49,50,51,52,53,54,55,56,57)/p+1/b7-4+,23-9+,28-12-. The van der Waals surface area contributed by atoms with Gasteiger partial charge in [0.15, 0.2) is 12.3 Å². The molecule has 26 heteroatoms. The van der Waals surface area contributed by atoms with Crippen molar-refractivity contribution in [2.24, 2.45) is 0 Å². The van der Waals surface area contributed by atoms with Gasteiger partial charge in [-0.15, -0.1) is 0 Å². The number of anilines is 1. The third kappa shape index (κ3) is 11.2. The summed E-state index contributed by atoms with van der Waals surface area (Å²) in [5, 5.41) is 40.9. The summed E-state index contributed by atoms with van der Waals surface area (Å²) in [7, 11) is -18.9. The van der Waals surface area contributed by atoms with Crippen LogP contribution in [0.1, 0.15) is 57.6 Å². The summed E-state index contributed by atoms with van der Waals surface area (Å²) in [5.74, 6) is -2.00. The summed E-state index contributed by atoms with van der Waals surface area (Å²) in [4.78, 5) is 1.17. The number of hydrogen-bond acceptors (Lipinski definition) is 17. The van der Waals surface area contributed by atoms with Crippen LogP contribution in [0, 0.1) is 0 Å². The van der Waals surface area contributed by atoms with Crippen molar-refractivity contribution in [2.75, 3.05) is 29.5 Å². The maximum absolute atomic E-state index is 13.0. The SMILES string of the molecule is CC12CCC\C(=C/C=C(/C=C/CC3N(CC(O)CS(=O)(=O)O)c4ccc5cc(S(=O)(=O)O)cc(SOO)c5c4C3(C)C)S(=O)(=O)O)C1=[N+](CC(O)CS(=O)(=O)O)c1ccc(SOO)cc12. The van der Waals surface area contributed by atoms with E-state index < -0.39 is 90.9 Å². The normalized spacial score (nSPS) is 21.9. The zero-order chi connectivity index (χ0) is 48.1. The van der Waals surface area contributed by atoms with E-state index in [1.807, 2.05) is 6.92 Å². The highest BCUT2D eigenvalue weighted by atomic mass is 32.2. The molecule has 0 aromatic heterocycles. The second kappa shape index (κ2) is 19.0. The van der Waals surface area contributed by atoms with Crippen molar-refractivity contribution in [3.63, 3.8) is 0 Å². The Bertz CT molecular complexity index is 2970. The molecule has 20 nitrogen and oxygen atoms in total. The number of hydrogen-bond donors (Lipinski definition) is 8. The molecule has 1 fully saturated rings. The Morgan fingerprint density at radius 1 is 0.892 bits per heavy atom. The van der Waals surface area contributed by atoms with E-state index in [-0.39, 0.29) is 29.8 Å². The number of aliphatic hydroxyl groups is 2. The fraction of sp³-hybridized carbons (Fsp3) is 0.410. The first-order valence-corrected chi connectivity index (χ1v) is 27.1. The summed E-state index contributed by atoms with van der Waals surface area (Å²) in [6.07, 6.45) is 3.58. The van der Waals surface area contributed by atoms with Gasteiger partial charge in [-0.05, 0) is 86.0 Å². The van der Waals surface area contributed by atoms with E-state index in [0.29, 0.717) is 81.9 Å². The summed E-state index contributed by atoms with van der Waals surface area (Å²) in [6, 6.07) is 9.72. The topological polar surface area (TPSA) is 323 Å². The number of allylic oxidation sites excluding steroid dienone is 4. The fourth-order valence-electron chi connectivity index (χ4n) is 9.38. The molecule has 6 rings (SSSR count). The molecule has 1 aliphatic carbocycles. The lowest BCUT2D eigenvalue weighted by molar-refractivity contribution is -0.449. The van der Waals surface area contributed by atoms with Gasteiger partial charge in [0.2, 0.25) is 5.69 Å². The molecule has 2 heterocycles. The van der Waals surface area contributed by atoms with Gasteiger partial charge < -0.3 is 15.1 Å². The molecule has 3 aromatic carbocycles. The van der Waals surface area contributed by atoms with Gasteiger partial charge in [-0.2, -0.15) is 46.9 Å². The molecule has 3 aliphatic rings. The minimum Gasteiger partial charge on any atom is -0.390 e. The van der Waals surface area contributed by atoms with Crippen molar-refractivity contribution in [1.29, 1.82) is 0 Å². The Kier molecular flexibility index (Phi) is 14.9. The molecule has 0 spiro atoms. The van der Waals surface area contributed by atoms with E-state index in [2.05, 4.69) is 8.67 Å². The zero-order valence-corrected chi connectivity index (χ0v) is 39.6. The molecule has 2 aliphatic heterocycles. The Hall–Kier alpha value is -3.29. The highest BCUT2D eigenvalue weighted by Gasteiger charge is 2.52. The lowest BCUT2D eigenvalue weighted by atomic mass is 9.69. The second-order valence-corrected chi connectivity index (χ2v) is 24.0. The monoisotopic (exact) mass is 1020 g/mol. The Balaban J connectivity index is 1.43. The molecule has 356 valence electrons. The number of rotatable bonds is 18. The predicted molar refractivity (Wildman–Crippen MR) is 241 cm³/mol. The minimum absolute atomic E-state index is 0.0324. The minimum atomic E-state index is -4.94. The highest BCUT2D eigenvalue weighted by Crippen LogP contribution is 2.53. The first kappa shape index (κ1) is 51.1. The molecular formula is C39H47N2O18S6+. The van der Waals surface area contributed by atoms with E-state index in [0.717, 1.165) is 17.7 Å². The van der Waals surface area contributed by atoms with E-state index in [4.69, 9.17) is 5.26 Å². The first-order valence-electron chi connectivity index (χ1n) is 19.5. The Morgan fingerprint density at radius 2 is 1.55 bits per heavy atom. The lowest BCUT2D eigenvalue weighted by Gasteiger charge is -2.35. The average Bonchev–Trinajstić information content (AvgIpc) is 3.53. The van der Waals surface area contributed by atoms with Crippen LogP contribution in [0.15, 0.2) is 91.9 Å². The fourth-order valence-corrected chi connectivity index (χ4v) is 12.6. The molecular weight excluding hydrogens is 977 g/mol. The number of fused-ring (bicyclic) bond motifs is 6. The van der Waals surface area contributed by atoms with Crippen LogP contribution in [0.2, 0.25) is 0 Å². The summed E-state index contributed by atoms with van der Waals surface area (Å²) in [6.45, 7) is 4.81. The number of benzene rings is 3. The van der Waals surface area contributed by atoms with Crippen molar-refractivity contribution in [1.82, 2.24) is 0 Å². The van der Waals surface area contributed by atoms with Gasteiger partial charge in [-0.3, -0.25) is 18.2 Å². The molecule has 4 atom stereocenters. The van der Waals surface area contributed by atoms with E-state index in [9.17, 15) is 67.4 Å². The Labute approximate surface area is 384 Å². The van der Waals surface area contributed by atoms with Crippen LogP contribution in [0.5, 0.6) is 0 Å². The molecule has 0 bridgehead atoms. The lowest BCUT2D eigenvalue weighted by Crippen LogP contribution is -2.45. The van der Waals surface area contributed by atoms with Crippen molar-refractivity contribution in [2.45, 2.75) is 90.2 Å². The van der Waals surface area contributed by atoms with Crippen LogP contribution in [-0.2, 0) is 60.0 Å². The van der Waals surface area contributed by atoms with Crippen molar-refractivity contribution in [3.8, 4) is 0 Å².